The summed E-state index contributed by atoms with van der Waals surface area (Å²) in [6.07, 6.45) is 72.9. The number of carbonyl (C=O) groups excluding carboxylic acids is 2. The smallest absolute Gasteiger partial charge is 0.306 e. The number of ether oxygens (including phenoxy) is 2. The molecule has 1 N–H and O–H groups in total. The van der Waals surface area contributed by atoms with Crippen molar-refractivity contribution in [1.29, 1.82) is 0 Å². The van der Waals surface area contributed by atoms with Gasteiger partial charge in [0.1, 0.15) is 6.61 Å². The predicted molar refractivity (Wildman–Crippen MR) is 274 cm³/mol. The Labute approximate surface area is 391 Å². The molecule has 5 nitrogen and oxygen atoms in total. The van der Waals surface area contributed by atoms with Gasteiger partial charge in [0.05, 0.1) is 6.61 Å². The molecule has 63 heavy (non-hydrogen) atoms. The number of carbonyl (C=O) groups is 2. The van der Waals surface area contributed by atoms with Gasteiger partial charge >= 0.3 is 11.9 Å². The van der Waals surface area contributed by atoms with E-state index in [-0.39, 0.29) is 25.2 Å². The predicted octanol–water partition coefficient (Wildman–Crippen LogP) is 18.0. The van der Waals surface area contributed by atoms with Gasteiger partial charge < -0.3 is 14.6 Å². The minimum Gasteiger partial charge on any atom is -0.462 e. The lowest BCUT2D eigenvalue weighted by Crippen LogP contribution is -2.28. The van der Waals surface area contributed by atoms with E-state index >= 15 is 0 Å². The first-order valence-electron chi connectivity index (χ1n) is 27.0. The summed E-state index contributed by atoms with van der Waals surface area (Å²) in [5, 5.41) is 9.64. The Morgan fingerprint density at radius 3 is 1.03 bits per heavy atom. The van der Waals surface area contributed by atoms with Crippen LogP contribution in [-0.2, 0) is 19.1 Å². The molecule has 5 heteroatoms. The topological polar surface area (TPSA) is 72.8 Å². The average molecular weight is 879 g/mol. The van der Waals surface area contributed by atoms with Gasteiger partial charge in [-0.15, -0.1) is 0 Å². The monoisotopic (exact) mass is 879 g/mol. The quantitative estimate of drug-likeness (QED) is 0.0374. The number of hydrogen-bond acceptors (Lipinski definition) is 5. The van der Waals surface area contributed by atoms with Crippen molar-refractivity contribution in [3.05, 3.63) is 72.9 Å². The summed E-state index contributed by atoms with van der Waals surface area (Å²) >= 11 is 0. The highest BCUT2D eigenvalue weighted by molar-refractivity contribution is 5.70. The van der Waals surface area contributed by atoms with Gasteiger partial charge in [0.25, 0.3) is 0 Å². The normalized spacial score (nSPS) is 12.7. The van der Waals surface area contributed by atoms with Gasteiger partial charge in [0, 0.05) is 12.8 Å². The lowest BCUT2D eigenvalue weighted by molar-refractivity contribution is -0.161. The molecule has 1 unspecified atom stereocenters. The van der Waals surface area contributed by atoms with E-state index in [1.165, 1.54) is 161 Å². The van der Waals surface area contributed by atoms with E-state index < -0.39 is 6.10 Å². The standard InChI is InChI=1S/C58H102O5/c1-3-5-7-9-11-13-15-17-19-21-23-24-25-26-27-28-29-30-31-32-33-34-35-37-39-41-43-45-47-49-51-53-58(61)63-56(54-59)55-62-57(60)52-50-48-46-44-42-40-38-36-22-20-18-16-14-12-10-8-6-4-2/h5,7,11,13-14,16-17,19-20,22-24,56,59H,3-4,6,8-10,12,15,18,21,25-55H2,1-2H3/b7-5-,13-11-,16-14-,19-17-,22-20-,24-23-. The Bertz CT molecular complexity index is 1130. The van der Waals surface area contributed by atoms with E-state index in [4.69, 9.17) is 9.47 Å². The molecule has 0 fully saturated rings. The Hall–Kier alpha value is -2.66. The van der Waals surface area contributed by atoms with Crippen LogP contribution in [0.2, 0.25) is 0 Å². The zero-order valence-corrected chi connectivity index (χ0v) is 41.6. The zero-order valence-electron chi connectivity index (χ0n) is 41.6. The van der Waals surface area contributed by atoms with Gasteiger partial charge in [0.2, 0.25) is 0 Å². The zero-order chi connectivity index (χ0) is 45.6. The van der Waals surface area contributed by atoms with Crippen LogP contribution in [0.1, 0.15) is 264 Å². The van der Waals surface area contributed by atoms with E-state index in [9.17, 15) is 14.7 Å². The fourth-order valence-corrected chi connectivity index (χ4v) is 7.70. The van der Waals surface area contributed by atoms with Crippen LogP contribution in [0.15, 0.2) is 72.9 Å². The summed E-state index contributed by atoms with van der Waals surface area (Å²) in [6.45, 7) is 4.02. The molecule has 0 saturated carbocycles. The second kappa shape index (κ2) is 53.7. The first-order valence-corrected chi connectivity index (χ1v) is 27.0. The van der Waals surface area contributed by atoms with Gasteiger partial charge in [-0.3, -0.25) is 9.59 Å². The van der Waals surface area contributed by atoms with Crippen LogP contribution in [0.3, 0.4) is 0 Å². The van der Waals surface area contributed by atoms with Crippen molar-refractivity contribution >= 4 is 11.9 Å². The minimum atomic E-state index is -0.777. The third-order valence-corrected chi connectivity index (χ3v) is 11.7. The van der Waals surface area contributed by atoms with Crippen LogP contribution in [0.25, 0.3) is 0 Å². The molecule has 0 aliphatic heterocycles. The van der Waals surface area contributed by atoms with E-state index in [1.54, 1.807) is 0 Å². The van der Waals surface area contributed by atoms with Crippen LogP contribution < -0.4 is 0 Å². The van der Waals surface area contributed by atoms with Gasteiger partial charge in [-0.05, 0) is 83.5 Å². The maximum absolute atomic E-state index is 12.3. The Morgan fingerprint density at radius 2 is 0.683 bits per heavy atom. The van der Waals surface area contributed by atoms with Crippen LogP contribution in [0.4, 0.5) is 0 Å². The molecule has 0 rings (SSSR count). The minimum absolute atomic E-state index is 0.0696. The van der Waals surface area contributed by atoms with E-state index in [2.05, 4.69) is 86.8 Å². The fourth-order valence-electron chi connectivity index (χ4n) is 7.70. The highest BCUT2D eigenvalue weighted by atomic mass is 16.6. The van der Waals surface area contributed by atoms with Crippen LogP contribution in [0, 0.1) is 0 Å². The fraction of sp³-hybridized carbons (Fsp3) is 0.759. The SMILES string of the molecule is CC/C=C\C/C=C\C/C=C\C/C=C\CCCCCCCCCCCCCCCCCCCCC(=O)OC(CO)COC(=O)CCCCCCCCC/C=C\C/C=C\CCCCCC. The van der Waals surface area contributed by atoms with Gasteiger partial charge in [-0.2, -0.15) is 0 Å². The Morgan fingerprint density at radius 1 is 0.381 bits per heavy atom. The van der Waals surface area contributed by atoms with Crippen molar-refractivity contribution in [2.75, 3.05) is 13.2 Å². The number of allylic oxidation sites excluding steroid dienone is 12. The third kappa shape index (κ3) is 51.9. The third-order valence-electron chi connectivity index (χ3n) is 11.7. The number of esters is 2. The molecule has 0 bridgehead atoms. The van der Waals surface area contributed by atoms with Crippen molar-refractivity contribution in [3.8, 4) is 0 Å². The summed E-state index contributed by atoms with van der Waals surface area (Å²) in [5.41, 5.74) is 0. The molecule has 1 atom stereocenters. The second-order valence-corrected chi connectivity index (χ2v) is 17.9. The molecule has 364 valence electrons. The molecular weight excluding hydrogens is 777 g/mol. The van der Waals surface area contributed by atoms with Crippen LogP contribution in [0.5, 0.6) is 0 Å². The molecule has 0 aromatic carbocycles. The summed E-state index contributed by atoms with van der Waals surface area (Å²) in [6, 6.07) is 0. The van der Waals surface area contributed by atoms with Gasteiger partial charge in [0.15, 0.2) is 6.10 Å². The average Bonchev–Trinajstić information content (AvgIpc) is 3.29. The molecule has 0 spiro atoms. The van der Waals surface area contributed by atoms with Gasteiger partial charge in [-0.25, -0.2) is 0 Å². The van der Waals surface area contributed by atoms with Gasteiger partial charge in [-0.1, -0.05) is 241 Å². The van der Waals surface area contributed by atoms with E-state index in [0.29, 0.717) is 12.8 Å². The van der Waals surface area contributed by atoms with Crippen molar-refractivity contribution in [1.82, 2.24) is 0 Å². The van der Waals surface area contributed by atoms with Crippen molar-refractivity contribution in [3.63, 3.8) is 0 Å². The maximum atomic E-state index is 12.3. The molecule has 0 aromatic heterocycles. The van der Waals surface area contributed by atoms with Crippen LogP contribution >= 0.6 is 0 Å². The molecular formula is C58H102O5. The molecule has 0 aliphatic rings. The molecule has 0 saturated heterocycles. The van der Waals surface area contributed by atoms with Crippen molar-refractivity contribution in [2.45, 2.75) is 270 Å². The van der Waals surface area contributed by atoms with Crippen LogP contribution in [-0.4, -0.2) is 36.4 Å². The summed E-state index contributed by atoms with van der Waals surface area (Å²) in [4.78, 5) is 24.5. The molecule has 0 radical (unpaired) electrons. The first kappa shape index (κ1) is 60.3. The number of aliphatic hydroxyl groups is 1. The molecule has 0 aromatic rings. The Kier molecular flexibility index (Phi) is 51.4. The highest BCUT2D eigenvalue weighted by Crippen LogP contribution is 2.16. The van der Waals surface area contributed by atoms with Crippen molar-refractivity contribution < 1.29 is 24.2 Å². The summed E-state index contributed by atoms with van der Waals surface area (Å²) < 4.78 is 10.7. The number of hydrogen-bond donors (Lipinski definition) is 1. The summed E-state index contributed by atoms with van der Waals surface area (Å²) in [7, 11) is 0. The van der Waals surface area contributed by atoms with E-state index in [1.807, 2.05) is 0 Å². The number of aliphatic hydroxyl groups excluding tert-OH is 1. The number of rotatable bonds is 49. The maximum Gasteiger partial charge on any atom is 0.306 e. The number of unbranched alkanes of at least 4 members (excludes halogenated alkanes) is 29. The largest absolute Gasteiger partial charge is 0.462 e. The van der Waals surface area contributed by atoms with Crippen molar-refractivity contribution in [2.24, 2.45) is 0 Å². The first-order chi connectivity index (χ1) is 31.1. The summed E-state index contributed by atoms with van der Waals surface area (Å²) in [5.74, 6) is -0.592. The molecule has 0 heterocycles. The highest BCUT2D eigenvalue weighted by Gasteiger charge is 2.16. The Balaban J connectivity index is 3.47. The molecule has 0 amide bonds. The second-order valence-electron chi connectivity index (χ2n) is 17.9. The lowest BCUT2D eigenvalue weighted by atomic mass is 10.0. The lowest BCUT2D eigenvalue weighted by Gasteiger charge is -2.15. The molecule has 0 aliphatic carbocycles. The van der Waals surface area contributed by atoms with E-state index in [0.717, 1.165) is 77.0 Å².